The smallest absolute Gasteiger partial charge is 0.271 e. The fourth-order valence-electron chi connectivity index (χ4n) is 1.65. The molecule has 8 heteroatoms. The predicted molar refractivity (Wildman–Crippen MR) is 91.9 cm³/mol. The number of rotatable bonds is 6. The molecule has 2 aromatic rings. The minimum atomic E-state index is -3.56. The summed E-state index contributed by atoms with van der Waals surface area (Å²) in [7, 11) is -1.70. The highest BCUT2D eigenvalue weighted by molar-refractivity contribution is 9.10. The van der Waals surface area contributed by atoms with Crippen molar-refractivity contribution in [3.05, 3.63) is 44.7 Å². The number of hydrogen-bond donors (Lipinski definition) is 2. The average Bonchev–Trinajstić information content (AvgIpc) is 2.90. The summed E-state index contributed by atoms with van der Waals surface area (Å²) in [6.45, 7) is 0.817. The first-order chi connectivity index (χ1) is 9.92. The van der Waals surface area contributed by atoms with E-state index in [1.54, 1.807) is 24.3 Å². The Labute approximate surface area is 141 Å². The Kier molecular flexibility index (Phi) is 5.67. The Morgan fingerprint density at radius 3 is 2.71 bits per heavy atom. The summed E-state index contributed by atoms with van der Waals surface area (Å²) in [5.74, 6) is 0. The molecule has 0 saturated carbocycles. The van der Waals surface area contributed by atoms with Crippen molar-refractivity contribution in [1.82, 2.24) is 5.32 Å². The maximum atomic E-state index is 12.3. The zero-order chi connectivity index (χ0) is 15.5. The standard InChI is InChI=1S/C13H14BrClN2O2S2/c1-16-7-6-10-3-5-13(20-10)21(18,19)17-9-2-4-12(15)11(14)8-9/h2-5,8,16-17H,6-7H2,1H3. The summed E-state index contributed by atoms with van der Waals surface area (Å²) in [5, 5.41) is 3.57. The van der Waals surface area contributed by atoms with Gasteiger partial charge in [-0.2, -0.15) is 0 Å². The van der Waals surface area contributed by atoms with Gasteiger partial charge < -0.3 is 5.32 Å². The molecule has 0 bridgehead atoms. The third kappa shape index (κ3) is 4.43. The molecular weight excluding hydrogens is 396 g/mol. The molecule has 1 aromatic heterocycles. The van der Waals surface area contributed by atoms with E-state index in [-0.39, 0.29) is 0 Å². The van der Waals surface area contributed by atoms with Crippen LogP contribution in [0, 0.1) is 0 Å². The molecule has 4 nitrogen and oxygen atoms in total. The van der Waals surface area contributed by atoms with Gasteiger partial charge >= 0.3 is 0 Å². The Hall–Kier alpha value is -0.600. The fourth-order valence-corrected chi connectivity index (χ4v) is 4.55. The maximum Gasteiger partial charge on any atom is 0.271 e. The average molecular weight is 410 g/mol. The lowest BCUT2D eigenvalue weighted by molar-refractivity contribution is 0.603. The normalized spacial score (nSPS) is 11.6. The van der Waals surface area contributed by atoms with Gasteiger partial charge in [0.1, 0.15) is 4.21 Å². The molecule has 2 N–H and O–H groups in total. The molecule has 2 rings (SSSR count). The van der Waals surface area contributed by atoms with Crippen molar-refractivity contribution in [3.63, 3.8) is 0 Å². The Bertz CT molecular complexity index is 732. The van der Waals surface area contributed by atoms with Crippen LogP contribution >= 0.6 is 38.9 Å². The summed E-state index contributed by atoms with van der Waals surface area (Å²) < 4.78 is 28.1. The molecule has 0 radical (unpaired) electrons. The van der Waals surface area contributed by atoms with Gasteiger partial charge in [0.2, 0.25) is 0 Å². The molecule has 0 amide bonds. The van der Waals surface area contributed by atoms with Crippen LogP contribution in [0.2, 0.25) is 5.02 Å². The number of hydrogen-bond acceptors (Lipinski definition) is 4. The number of benzene rings is 1. The van der Waals surface area contributed by atoms with E-state index in [9.17, 15) is 8.42 Å². The van der Waals surface area contributed by atoms with Gasteiger partial charge in [0.15, 0.2) is 0 Å². The highest BCUT2D eigenvalue weighted by atomic mass is 79.9. The summed E-state index contributed by atoms with van der Waals surface area (Å²) >= 11 is 10.4. The zero-order valence-corrected chi connectivity index (χ0v) is 15.2. The van der Waals surface area contributed by atoms with E-state index in [1.807, 2.05) is 13.1 Å². The van der Waals surface area contributed by atoms with Gasteiger partial charge in [0, 0.05) is 9.35 Å². The number of nitrogens with one attached hydrogen (secondary N) is 2. The van der Waals surface area contributed by atoms with Crippen LogP contribution < -0.4 is 10.0 Å². The summed E-state index contributed by atoms with van der Waals surface area (Å²) in [5.41, 5.74) is 0.469. The summed E-state index contributed by atoms with van der Waals surface area (Å²) in [6.07, 6.45) is 0.809. The monoisotopic (exact) mass is 408 g/mol. The second-order valence-corrected chi connectivity index (χ2v) is 8.65. The van der Waals surface area contributed by atoms with E-state index in [0.717, 1.165) is 17.8 Å². The van der Waals surface area contributed by atoms with Crippen LogP contribution in [0.15, 0.2) is 39.0 Å². The summed E-state index contributed by atoms with van der Waals surface area (Å²) in [6, 6.07) is 8.36. The van der Waals surface area contributed by atoms with Gasteiger partial charge in [-0.25, -0.2) is 8.42 Å². The summed E-state index contributed by atoms with van der Waals surface area (Å²) in [4.78, 5) is 1.03. The maximum absolute atomic E-state index is 12.3. The van der Waals surface area contributed by atoms with E-state index in [2.05, 4.69) is 26.0 Å². The second kappa shape index (κ2) is 7.11. The number of likely N-dealkylation sites (N-methyl/N-ethyl adjacent to an activating group) is 1. The molecule has 1 aromatic carbocycles. The minimum absolute atomic E-state index is 0.305. The van der Waals surface area contributed by atoms with Gasteiger partial charge in [0.25, 0.3) is 10.0 Å². The van der Waals surface area contributed by atoms with Gasteiger partial charge in [-0.05, 0) is 66.3 Å². The van der Waals surface area contributed by atoms with Gasteiger partial charge in [-0.15, -0.1) is 11.3 Å². The zero-order valence-electron chi connectivity index (χ0n) is 11.2. The molecule has 21 heavy (non-hydrogen) atoms. The second-order valence-electron chi connectivity index (χ2n) is 4.31. The van der Waals surface area contributed by atoms with E-state index in [0.29, 0.717) is 19.4 Å². The van der Waals surface area contributed by atoms with E-state index < -0.39 is 10.0 Å². The van der Waals surface area contributed by atoms with Crippen LogP contribution in [0.1, 0.15) is 4.88 Å². The Morgan fingerprint density at radius 1 is 1.29 bits per heavy atom. The molecular formula is C13H14BrClN2O2S2. The Morgan fingerprint density at radius 2 is 2.05 bits per heavy atom. The SMILES string of the molecule is CNCCc1ccc(S(=O)(=O)Nc2ccc(Cl)c(Br)c2)s1. The van der Waals surface area contributed by atoms with Crippen molar-refractivity contribution in [2.24, 2.45) is 0 Å². The van der Waals surface area contributed by atoms with Gasteiger partial charge in [0.05, 0.1) is 10.7 Å². The molecule has 0 aliphatic rings. The van der Waals surface area contributed by atoms with Crippen molar-refractivity contribution in [2.45, 2.75) is 10.6 Å². The lowest BCUT2D eigenvalue weighted by Crippen LogP contribution is -2.11. The highest BCUT2D eigenvalue weighted by Crippen LogP contribution is 2.28. The van der Waals surface area contributed by atoms with E-state index >= 15 is 0 Å². The molecule has 0 fully saturated rings. The van der Waals surface area contributed by atoms with Crippen LogP contribution in [0.25, 0.3) is 0 Å². The lowest BCUT2D eigenvalue weighted by Gasteiger charge is -2.07. The van der Waals surface area contributed by atoms with Crippen molar-refractivity contribution in [2.75, 3.05) is 18.3 Å². The van der Waals surface area contributed by atoms with Gasteiger partial charge in [-0.1, -0.05) is 11.6 Å². The van der Waals surface area contributed by atoms with E-state index in [1.165, 1.54) is 11.3 Å². The van der Waals surface area contributed by atoms with Crippen LogP contribution in [0.5, 0.6) is 0 Å². The highest BCUT2D eigenvalue weighted by Gasteiger charge is 2.17. The quantitative estimate of drug-likeness (QED) is 0.764. The molecule has 0 saturated heterocycles. The van der Waals surface area contributed by atoms with Gasteiger partial charge in [-0.3, -0.25) is 4.72 Å². The topological polar surface area (TPSA) is 58.2 Å². The number of sulfonamides is 1. The third-order valence-corrected chi connectivity index (χ3v) is 6.93. The van der Waals surface area contributed by atoms with Crippen LogP contribution in [0.3, 0.4) is 0 Å². The van der Waals surface area contributed by atoms with Crippen LogP contribution in [-0.4, -0.2) is 22.0 Å². The minimum Gasteiger partial charge on any atom is -0.319 e. The van der Waals surface area contributed by atoms with Crippen molar-refractivity contribution < 1.29 is 8.42 Å². The molecule has 0 atom stereocenters. The fraction of sp³-hybridized carbons (Fsp3) is 0.231. The van der Waals surface area contributed by atoms with Crippen molar-refractivity contribution in [3.8, 4) is 0 Å². The lowest BCUT2D eigenvalue weighted by atomic mass is 10.3. The first kappa shape index (κ1) is 16.8. The van der Waals surface area contributed by atoms with Crippen LogP contribution in [0.4, 0.5) is 5.69 Å². The molecule has 0 unspecified atom stereocenters. The number of anilines is 1. The molecule has 114 valence electrons. The molecule has 1 heterocycles. The molecule has 0 spiro atoms. The van der Waals surface area contributed by atoms with E-state index in [4.69, 9.17) is 11.6 Å². The molecule has 0 aliphatic carbocycles. The van der Waals surface area contributed by atoms with Crippen molar-refractivity contribution in [1.29, 1.82) is 0 Å². The number of halogens is 2. The third-order valence-electron chi connectivity index (χ3n) is 2.70. The van der Waals surface area contributed by atoms with Crippen LogP contribution in [-0.2, 0) is 16.4 Å². The number of thiophene rings is 1. The predicted octanol–water partition coefficient (Wildman–Crippen LogP) is 3.73. The first-order valence-corrected chi connectivity index (χ1v) is 9.60. The largest absolute Gasteiger partial charge is 0.319 e. The molecule has 0 aliphatic heterocycles. The first-order valence-electron chi connectivity index (χ1n) is 6.13. The van der Waals surface area contributed by atoms with Crippen molar-refractivity contribution >= 4 is 54.6 Å². The Balaban J connectivity index is 2.17.